The lowest BCUT2D eigenvalue weighted by Gasteiger charge is -1.91. The summed E-state index contributed by atoms with van der Waals surface area (Å²) in [5.74, 6) is 0. The third kappa shape index (κ3) is 1.54. The summed E-state index contributed by atoms with van der Waals surface area (Å²) in [6.45, 7) is 2.44. The van der Waals surface area contributed by atoms with E-state index in [1.807, 2.05) is 31.2 Å². The number of aryl methyl sites for hydroxylation is 1. The second kappa shape index (κ2) is 2.65. The van der Waals surface area contributed by atoms with Crippen LogP contribution in [0.3, 0.4) is 0 Å². The van der Waals surface area contributed by atoms with Gasteiger partial charge < -0.3 is 5.11 Å². The molecule has 1 aromatic rings. The quantitative estimate of drug-likeness (QED) is 0.501. The van der Waals surface area contributed by atoms with Crippen molar-refractivity contribution in [1.82, 2.24) is 0 Å². The van der Waals surface area contributed by atoms with Crippen LogP contribution in [0.15, 0.2) is 24.3 Å². The van der Waals surface area contributed by atoms with Crippen LogP contribution in [0.2, 0.25) is 0 Å². The van der Waals surface area contributed by atoms with Crippen LogP contribution in [-0.4, -0.2) is 5.11 Å². The fourth-order valence-corrected chi connectivity index (χ4v) is 0.706. The predicted molar refractivity (Wildman–Crippen MR) is 38.5 cm³/mol. The predicted octanol–water partition coefficient (Wildman–Crippen LogP) is 1.22. The Kier molecular flexibility index (Phi) is 1.85. The van der Waals surface area contributed by atoms with E-state index >= 15 is 0 Å². The minimum atomic E-state index is 0.389. The smallest absolute Gasteiger partial charge is 0.169 e. The molecule has 0 aliphatic rings. The van der Waals surface area contributed by atoms with Crippen LogP contribution in [-0.2, 0) is 6.61 Å². The number of hydrogen-bond acceptors (Lipinski definition) is 0. The molecule has 1 aromatic carbocycles. The van der Waals surface area contributed by atoms with E-state index in [1.165, 1.54) is 5.56 Å². The molecule has 1 nitrogen and oxygen atoms in total. The molecule has 0 heterocycles. The van der Waals surface area contributed by atoms with Crippen LogP contribution in [0.1, 0.15) is 11.1 Å². The van der Waals surface area contributed by atoms with E-state index in [1.54, 1.807) is 0 Å². The normalized spacial score (nSPS) is 9.56. The van der Waals surface area contributed by atoms with Crippen molar-refractivity contribution < 1.29 is 5.11 Å². The van der Waals surface area contributed by atoms with Gasteiger partial charge in [-0.3, -0.25) is 0 Å². The van der Waals surface area contributed by atoms with Gasteiger partial charge in [-0.25, -0.2) is 0 Å². The van der Waals surface area contributed by atoms with Gasteiger partial charge in [-0.05, 0) is 6.92 Å². The Balaban J connectivity index is 2.88. The van der Waals surface area contributed by atoms with E-state index in [4.69, 9.17) is 5.11 Å². The van der Waals surface area contributed by atoms with E-state index in [2.05, 4.69) is 0 Å². The maximum absolute atomic E-state index is 7.01. The average Bonchev–Trinajstić information content (AvgIpc) is 1.90. The first-order chi connectivity index (χ1) is 4.33. The van der Waals surface area contributed by atoms with Gasteiger partial charge in [0.05, 0.1) is 0 Å². The Morgan fingerprint density at radius 3 is 2.22 bits per heavy atom. The summed E-state index contributed by atoms with van der Waals surface area (Å²) < 4.78 is 0. The zero-order valence-corrected chi connectivity index (χ0v) is 5.52. The maximum atomic E-state index is 7.01. The molecule has 0 radical (unpaired) electrons. The van der Waals surface area contributed by atoms with Gasteiger partial charge >= 0.3 is 0 Å². The monoisotopic (exact) mass is 123 g/mol. The highest BCUT2D eigenvalue weighted by atomic mass is 16.3. The Morgan fingerprint density at radius 1 is 1.22 bits per heavy atom. The molecule has 0 atom stereocenters. The Morgan fingerprint density at radius 2 is 1.78 bits per heavy atom. The van der Waals surface area contributed by atoms with Crippen molar-refractivity contribution in [2.24, 2.45) is 0 Å². The molecule has 0 spiro atoms. The average molecular weight is 123 g/mol. The summed E-state index contributed by atoms with van der Waals surface area (Å²) in [4.78, 5) is 0. The van der Waals surface area contributed by atoms with Crippen molar-refractivity contribution in [2.45, 2.75) is 13.5 Å². The highest BCUT2D eigenvalue weighted by Gasteiger charge is 1.88. The van der Waals surface area contributed by atoms with Crippen molar-refractivity contribution in [2.75, 3.05) is 0 Å². The summed E-state index contributed by atoms with van der Waals surface area (Å²) in [5, 5.41) is 7.01. The Labute approximate surface area is 55.0 Å². The molecule has 9 heavy (non-hydrogen) atoms. The van der Waals surface area contributed by atoms with Gasteiger partial charge in [0.25, 0.3) is 0 Å². The van der Waals surface area contributed by atoms with Gasteiger partial charge in [-0.15, -0.1) is 0 Å². The highest BCUT2D eigenvalue weighted by molar-refractivity contribution is 5.20. The summed E-state index contributed by atoms with van der Waals surface area (Å²) in [7, 11) is 0. The molecule has 0 unspecified atom stereocenters. The van der Waals surface area contributed by atoms with Gasteiger partial charge in [0.15, 0.2) is 6.61 Å². The fraction of sp³-hybridized carbons (Fsp3) is 0.250. The molecule has 0 saturated heterocycles. The Bertz CT molecular complexity index is 176. The molecule has 0 aliphatic carbocycles. The van der Waals surface area contributed by atoms with E-state index < -0.39 is 0 Å². The zero-order chi connectivity index (χ0) is 6.69. The van der Waals surface area contributed by atoms with Crippen LogP contribution < -0.4 is 0 Å². The SMILES string of the molecule is Cc1ccc(C[OH2+])cc1. The standard InChI is InChI=1S/C8H10O/c1-7-2-4-8(6-9)5-3-7/h2-5,9H,6H2,1H3/p+1. The molecule has 0 aliphatic heterocycles. The lowest BCUT2D eigenvalue weighted by molar-refractivity contribution is 0.282. The third-order valence-electron chi connectivity index (χ3n) is 1.32. The zero-order valence-electron chi connectivity index (χ0n) is 5.52. The molecular weight excluding hydrogens is 112 g/mol. The molecule has 2 N–H and O–H groups in total. The first kappa shape index (κ1) is 6.30. The van der Waals surface area contributed by atoms with Crippen molar-refractivity contribution in [3.05, 3.63) is 35.4 Å². The largest absolute Gasteiger partial charge is 0.442 e. The second-order valence-electron chi connectivity index (χ2n) is 2.16. The third-order valence-corrected chi connectivity index (χ3v) is 1.32. The van der Waals surface area contributed by atoms with Gasteiger partial charge in [-0.2, -0.15) is 0 Å². The van der Waals surface area contributed by atoms with Crippen LogP contribution >= 0.6 is 0 Å². The fourth-order valence-electron chi connectivity index (χ4n) is 0.706. The number of hydrogen-bond donors (Lipinski definition) is 0. The van der Waals surface area contributed by atoms with Gasteiger partial charge in [0.1, 0.15) is 0 Å². The summed E-state index contributed by atoms with van der Waals surface area (Å²) in [6, 6.07) is 8.04. The van der Waals surface area contributed by atoms with E-state index in [0.29, 0.717) is 6.61 Å². The topological polar surface area (TPSA) is 22.9 Å². The summed E-state index contributed by atoms with van der Waals surface area (Å²) in [6.07, 6.45) is 0. The molecule has 1 heteroatoms. The van der Waals surface area contributed by atoms with Crippen molar-refractivity contribution in [1.29, 1.82) is 0 Å². The molecule has 0 saturated carbocycles. The number of benzene rings is 1. The molecule has 0 amide bonds. The van der Waals surface area contributed by atoms with Gasteiger partial charge in [0, 0.05) is 5.56 Å². The van der Waals surface area contributed by atoms with Crippen LogP contribution in [0.4, 0.5) is 0 Å². The molecule has 0 bridgehead atoms. The second-order valence-corrected chi connectivity index (χ2v) is 2.16. The lowest BCUT2D eigenvalue weighted by atomic mass is 10.2. The first-order valence-electron chi connectivity index (χ1n) is 3.03. The molecule has 0 fully saturated rings. The van der Waals surface area contributed by atoms with Gasteiger partial charge in [-0.1, -0.05) is 29.8 Å². The van der Waals surface area contributed by atoms with Crippen LogP contribution in [0, 0.1) is 6.92 Å². The van der Waals surface area contributed by atoms with Crippen LogP contribution in [0.25, 0.3) is 0 Å². The minimum Gasteiger partial charge on any atom is -0.442 e. The van der Waals surface area contributed by atoms with E-state index in [0.717, 1.165) is 5.56 Å². The van der Waals surface area contributed by atoms with Crippen LogP contribution in [0.5, 0.6) is 0 Å². The minimum absolute atomic E-state index is 0.389. The molecular formula is C8H11O+. The lowest BCUT2D eigenvalue weighted by Crippen LogP contribution is -1.80. The summed E-state index contributed by atoms with van der Waals surface area (Å²) >= 11 is 0. The van der Waals surface area contributed by atoms with E-state index in [-0.39, 0.29) is 0 Å². The first-order valence-corrected chi connectivity index (χ1v) is 3.03. The number of rotatable bonds is 1. The highest BCUT2D eigenvalue weighted by Crippen LogP contribution is 2.01. The van der Waals surface area contributed by atoms with Crippen molar-refractivity contribution in [3.8, 4) is 0 Å². The molecule has 1 rings (SSSR count). The molecule has 48 valence electrons. The van der Waals surface area contributed by atoms with Crippen molar-refractivity contribution >= 4 is 0 Å². The van der Waals surface area contributed by atoms with Gasteiger partial charge in [0.2, 0.25) is 0 Å². The molecule has 0 aromatic heterocycles. The summed E-state index contributed by atoms with van der Waals surface area (Å²) in [5.41, 5.74) is 2.34. The Hall–Kier alpha value is -0.820. The van der Waals surface area contributed by atoms with Crippen molar-refractivity contribution in [3.63, 3.8) is 0 Å². The van der Waals surface area contributed by atoms with E-state index in [9.17, 15) is 0 Å². The maximum Gasteiger partial charge on any atom is 0.169 e.